The van der Waals surface area contributed by atoms with Gasteiger partial charge in [-0.2, -0.15) is 13.5 Å². The second kappa shape index (κ2) is 8.44. The van der Waals surface area contributed by atoms with E-state index in [0.29, 0.717) is 23.7 Å². The maximum absolute atomic E-state index is 12.5. The molecule has 13 nitrogen and oxygen atoms in total. The van der Waals surface area contributed by atoms with Crippen molar-refractivity contribution in [2.75, 3.05) is 19.7 Å². The van der Waals surface area contributed by atoms with Gasteiger partial charge in [-0.3, -0.25) is 14.1 Å². The molecule has 14 heteroatoms. The summed E-state index contributed by atoms with van der Waals surface area (Å²) in [4.78, 5) is 42.1. The molecule has 160 valence electrons. The number of carbonyl (C=O) groups excluding carboxylic acids is 3. The minimum Gasteiger partial charge on any atom is -0.396 e. The van der Waals surface area contributed by atoms with Crippen LogP contribution in [0.1, 0.15) is 18.7 Å². The van der Waals surface area contributed by atoms with Crippen molar-refractivity contribution in [3.05, 3.63) is 18.2 Å². The maximum Gasteiger partial charge on any atom is 0.418 e. The molecule has 2 aliphatic rings. The lowest BCUT2D eigenvalue weighted by atomic mass is 10.0. The number of nitrogens with zero attached hydrogens (tertiary/aromatic N) is 4. The number of imidazole rings is 1. The van der Waals surface area contributed by atoms with Gasteiger partial charge in [0.15, 0.2) is 5.78 Å². The zero-order chi connectivity index (χ0) is 21.2. The minimum absolute atomic E-state index is 0.0268. The summed E-state index contributed by atoms with van der Waals surface area (Å²) in [5.74, 6) is -0.291. The fourth-order valence-corrected chi connectivity index (χ4v) is 3.85. The summed E-state index contributed by atoms with van der Waals surface area (Å²) in [6, 6.07) is -2.32. The molecule has 3 rings (SSSR count). The number of urea groups is 1. The Labute approximate surface area is 166 Å². The lowest BCUT2D eigenvalue weighted by Crippen LogP contribution is -2.50. The first kappa shape index (κ1) is 21.2. The number of hydroxylamine groups is 2. The van der Waals surface area contributed by atoms with Crippen molar-refractivity contribution in [1.29, 1.82) is 0 Å². The molecular formula is C15H21N5O8S. The SMILES string of the molecule is O=C(CNC(=O)[C@@H]1CC[C@@H]2CN1C(=O)N2OS(=O)(=O)O)Cn1ccnc1CCO. The zero-order valence-electron chi connectivity index (χ0n) is 15.3. The Balaban J connectivity index is 1.54. The summed E-state index contributed by atoms with van der Waals surface area (Å²) < 4.78 is 36.5. The van der Waals surface area contributed by atoms with Gasteiger partial charge < -0.3 is 19.9 Å². The third-order valence-electron chi connectivity index (χ3n) is 4.74. The summed E-state index contributed by atoms with van der Waals surface area (Å²) in [5, 5.41) is 12.0. The number of amides is 3. The monoisotopic (exact) mass is 431 g/mol. The molecule has 0 radical (unpaired) electrons. The first-order valence-corrected chi connectivity index (χ1v) is 10.2. The number of aliphatic hydroxyl groups excluding tert-OH is 1. The van der Waals surface area contributed by atoms with Crippen LogP contribution in [0, 0.1) is 0 Å². The second-order valence-corrected chi connectivity index (χ2v) is 7.72. The van der Waals surface area contributed by atoms with Crippen LogP contribution in [-0.2, 0) is 37.2 Å². The molecule has 2 atom stereocenters. The molecular weight excluding hydrogens is 410 g/mol. The fourth-order valence-electron chi connectivity index (χ4n) is 3.47. The highest BCUT2D eigenvalue weighted by molar-refractivity contribution is 7.80. The lowest BCUT2D eigenvalue weighted by Gasteiger charge is -2.29. The molecule has 1 aromatic heterocycles. The van der Waals surface area contributed by atoms with Crippen molar-refractivity contribution in [1.82, 2.24) is 24.8 Å². The van der Waals surface area contributed by atoms with Crippen LogP contribution >= 0.6 is 0 Å². The van der Waals surface area contributed by atoms with Gasteiger partial charge >= 0.3 is 16.4 Å². The van der Waals surface area contributed by atoms with Crippen molar-refractivity contribution < 1.29 is 36.7 Å². The molecule has 2 fully saturated rings. The van der Waals surface area contributed by atoms with Crippen LogP contribution in [0.2, 0.25) is 0 Å². The molecule has 2 aliphatic heterocycles. The van der Waals surface area contributed by atoms with Crippen molar-refractivity contribution in [3.8, 4) is 0 Å². The summed E-state index contributed by atoms with van der Waals surface area (Å²) in [6.45, 7) is -0.323. The number of hydrogen-bond acceptors (Lipinski definition) is 8. The minimum atomic E-state index is -4.86. The van der Waals surface area contributed by atoms with Crippen LogP contribution in [0.15, 0.2) is 12.4 Å². The average molecular weight is 431 g/mol. The van der Waals surface area contributed by atoms with E-state index in [1.54, 1.807) is 10.8 Å². The van der Waals surface area contributed by atoms with Gasteiger partial charge in [0.1, 0.15) is 11.9 Å². The smallest absolute Gasteiger partial charge is 0.396 e. The molecule has 0 spiro atoms. The number of nitrogens with one attached hydrogen (secondary N) is 1. The third-order valence-corrected chi connectivity index (χ3v) is 5.09. The van der Waals surface area contributed by atoms with Crippen LogP contribution in [0.25, 0.3) is 0 Å². The Bertz CT molecular complexity index is 900. The molecule has 2 saturated heterocycles. The van der Waals surface area contributed by atoms with Crippen LogP contribution < -0.4 is 5.32 Å². The van der Waals surface area contributed by atoms with Gasteiger partial charge in [0, 0.05) is 25.4 Å². The van der Waals surface area contributed by atoms with Crippen LogP contribution in [-0.4, -0.2) is 87.1 Å². The normalized spacial score (nSPS) is 21.5. The lowest BCUT2D eigenvalue weighted by molar-refractivity contribution is -0.128. The molecule has 3 N–H and O–H groups in total. The Kier molecular flexibility index (Phi) is 6.16. The van der Waals surface area contributed by atoms with Gasteiger partial charge in [-0.05, 0) is 12.8 Å². The first-order chi connectivity index (χ1) is 13.7. The Hall–Kier alpha value is -2.55. The Morgan fingerprint density at radius 3 is 2.79 bits per heavy atom. The summed E-state index contributed by atoms with van der Waals surface area (Å²) in [7, 11) is -4.86. The number of fused-ring (bicyclic) bond motifs is 2. The van der Waals surface area contributed by atoms with Crippen molar-refractivity contribution in [3.63, 3.8) is 0 Å². The largest absolute Gasteiger partial charge is 0.418 e. The van der Waals surface area contributed by atoms with Crippen LogP contribution in [0.3, 0.4) is 0 Å². The molecule has 0 unspecified atom stereocenters. The van der Waals surface area contributed by atoms with Crippen molar-refractivity contribution in [2.24, 2.45) is 0 Å². The van der Waals surface area contributed by atoms with E-state index in [-0.39, 0.29) is 38.4 Å². The molecule has 0 aliphatic carbocycles. The topological polar surface area (TPSA) is 171 Å². The number of aromatic nitrogens is 2. The van der Waals surface area contributed by atoms with Gasteiger partial charge in [0.2, 0.25) is 5.91 Å². The van der Waals surface area contributed by atoms with Crippen LogP contribution in [0.5, 0.6) is 0 Å². The molecule has 2 bridgehead atoms. The molecule has 1 aromatic rings. The highest BCUT2D eigenvalue weighted by Crippen LogP contribution is 2.30. The van der Waals surface area contributed by atoms with Crippen molar-refractivity contribution in [2.45, 2.75) is 37.9 Å². The Morgan fingerprint density at radius 2 is 2.10 bits per heavy atom. The van der Waals surface area contributed by atoms with Gasteiger partial charge in [0.25, 0.3) is 0 Å². The van der Waals surface area contributed by atoms with Gasteiger partial charge in [-0.25, -0.2) is 9.78 Å². The van der Waals surface area contributed by atoms with E-state index < -0.39 is 34.4 Å². The van der Waals surface area contributed by atoms with E-state index in [0.717, 1.165) is 4.90 Å². The number of carbonyl (C=O) groups is 3. The predicted molar refractivity (Wildman–Crippen MR) is 94.4 cm³/mol. The van der Waals surface area contributed by atoms with Gasteiger partial charge in [0.05, 0.1) is 25.7 Å². The molecule has 3 heterocycles. The number of rotatable bonds is 9. The van der Waals surface area contributed by atoms with Gasteiger partial charge in [-0.1, -0.05) is 0 Å². The quantitative estimate of drug-likeness (QED) is 0.378. The highest BCUT2D eigenvalue weighted by Gasteiger charge is 2.49. The van der Waals surface area contributed by atoms with Gasteiger partial charge in [-0.15, -0.1) is 4.28 Å². The predicted octanol–water partition coefficient (Wildman–Crippen LogP) is -1.89. The van der Waals surface area contributed by atoms with E-state index in [1.165, 1.54) is 6.20 Å². The molecule has 0 aromatic carbocycles. The number of hydrogen-bond donors (Lipinski definition) is 3. The average Bonchev–Trinajstić information content (AvgIpc) is 3.17. The van der Waals surface area contributed by atoms with Crippen LogP contribution in [0.4, 0.5) is 4.79 Å². The molecule has 3 amide bonds. The number of Topliss-reactive ketones (excluding diaryl/α,β-unsaturated/α-hetero) is 1. The number of aliphatic hydroxyl groups is 1. The summed E-state index contributed by atoms with van der Waals surface area (Å²) in [5.41, 5.74) is 0. The number of ketones is 1. The first-order valence-electron chi connectivity index (χ1n) is 8.86. The fraction of sp³-hybridized carbons (Fsp3) is 0.600. The van der Waals surface area contributed by atoms with E-state index in [2.05, 4.69) is 14.6 Å². The van der Waals surface area contributed by atoms with E-state index in [1.807, 2.05) is 0 Å². The summed E-state index contributed by atoms with van der Waals surface area (Å²) in [6.07, 6.45) is 3.95. The van der Waals surface area contributed by atoms with Crippen molar-refractivity contribution >= 4 is 28.1 Å². The molecule has 0 saturated carbocycles. The zero-order valence-corrected chi connectivity index (χ0v) is 16.1. The third kappa shape index (κ3) is 4.90. The molecule has 29 heavy (non-hydrogen) atoms. The van der Waals surface area contributed by atoms with E-state index in [4.69, 9.17) is 9.66 Å². The number of piperidine rings is 1. The standard InChI is InChI=1S/C15H21N5O8S/c21-6-3-13-16-4-5-18(13)9-11(22)7-17-14(23)12-2-1-10-8-19(12)15(24)20(10)28-29(25,26)27/h4-5,10,12,21H,1-3,6-9H2,(H,17,23)(H,25,26,27)/t10-,12+/m1/s1. The summed E-state index contributed by atoms with van der Waals surface area (Å²) >= 11 is 0. The highest BCUT2D eigenvalue weighted by atomic mass is 32.3. The maximum atomic E-state index is 12.5. The second-order valence-electron chi connectivity index (χ2n) is 6.71. The van der Waals surface area contributed by atoms with E-state index >= 15 is 0 Å². The van der Waals surface area contributed by atoms with E-state index in [9.17, 15) is 22.8 Å². The Morgan fingerprint density at radius 1 is 1.34 bits per heavy atom.